The number of nitrogens with one attached hydrogen (secondary N) is 1. The standard InChI is InChI=1S/C32H30ClN3O7S/c1-21-25(3-2-4-27(21)24-5-6-29-32(13-24)41-9-8-40-29)20-43-31-14-30(42-19-23-11-22(15-34)16-36-17-23)26(12-28(31)33)18-35-7-10-44(37,38)39/h2-6,11-14,16-17,35H,7-10,18-20H2,1H3,(H,37,38,39). The SMILES string of the molecule is Cc1c(COc2cc(OCc3cncc(C#N)c3)c(CNCCS(=O)(=O)O)cc2Cl)cccc1-c1ccc2c(c1)OCCO2. The molecule has 228 valence electrons. The zero-order valence-electron chi connectivity index (χ0n) is 23.9. The Labute approximate surface area is 260 Å². The van der Waals surface area contributed by atoms with Crippen LogP contribution in [0.2, 0.25) is 5.02 Å². The fourth-order valence-electron chi connectivity index (χ4n) is 4.69. The van der Waals surface area contributed by atoms with Crippen molar-refractivity contribution in [1.82, 2.24) is 10.3 Å². The van der Waals surface area contributed by atoms with Gasteiger partial charge in [0.1, 0.15) is 44.0 Å². The number of ether oxygens (including phenoxy) is 4. The molecule has 0 spiro atoms. The lowest BCUT2D eigenvalue weighted by atomic mass is 9.96. The molecule has 1 aromatic heterocycles. The fourth-order valence-corrected chi connectivity index (χ4v) is 5.33. The minimum Gasteiger partial charge on any atom is -0.488 e. The van der Waals surface area contributed by atoms with Gasteiger partial charge in [-0.05, 0) is 53.4 Å². The molecular formula is C32H30ClN3O7S. The molecule has 0 unspecified atom stereocenters. The monoisotopic (exact) mass is 635 g/mol. The van der Waals surface area contributed by atoms with Crippen LogP contribution in [0.3, 0.4) is 0 Å². The van der Waals surface area contributed by atoms with E-state index in [1.807, 2.05) is 43.3 Å². The number of aromatic nitrogens is 1. The van der Waals surface area contributed by atoms with Gasteiger partial charge in [0.25, 0.3) is 10.1 Å². The minimum absolute atomic E-state index is 0.0290. The van der Waals surface area contributed by atoms with Crippen molar-refractivity contribution >= 4 is 21.7 Å². The van der Waals surface area contributed by atoms with E-state index in [9.17, 15) is 13.7 Å². The number of hydrogen-bond donors (Lipinski definition) is 2. The lowest BCUT2D eigenvalue weighted by molar-refractivity contribution is 0.171. The van der Waals surface area contributed by atoms with Gasteiger partial charge in [0.15, 0.2) is 11.5 Å². The van der Waals surface area contributed by atoms with Crippen LogP contribution in [-0.2, 0) is 29.9 Å². The van der Waals surface area contributed by atoms with E-state index in [1.165, 1.54) is 6.20 Å². The maximum Gasteiger partial charge on any atom is 0.266 e. The molecule has 0 saturated carbocycles. The first-order valence-electron chi connectivity index (χ1n) is 13.8. The number of nitrogens with zero attached hydrogens (tertiary/aromatic N) is 2. The van der Waals surface area contributed by atoms with Crippen LogP contribution in [0.1, 0.15) is 27.8 Å². The lowest BCUT2D eigenvalue weighted by Crippen LogP contribution is -2.22. The average molecular weight is 636 g/mol. The maximum atomic E-state index is 11.1. The van der Waals surface area contributed by atoms with Gasteiger partial charge in [-0.15, -0.1) is 0 Å². The minimum atomic E-state index is -4.10. The molecule has 0 bridgehead atoms. The van der Waals surface area contributed by atoms with E-state index < -0.39 is 15.9 Å². The van der Waals surface area contributed by atoms with Crippen LogP contribution >= 0.6 is 11.6 Å². The Morgan fingerprint density at radius 2 is 1.80 bits per heavy atom. The number of nitriles is 1. The molecular weight excluding hydrogens is 606 g/mol. The maximum absolute atomic E-state index is 11.1. The fraction of sp³-hybridized carbons (Fsp3) is 0.250. The van der Waals surface area contributed by atoms with E-state index in [2.05, 4.69) is 16.4 Å². The highest BCUT2D eigenvalue weighted by atomic mass is 35.5. The second-order valence-electron chi connectivity index (χ2n) is 10.1. The topological polar surface area (TPSA) is 140 Å². The molecule has 2 heterocycles. The van der Waals surface area contributed by atoms with Gasteiger partial charge in [0.05, 0.1) is 16.3 Å². The van der Waals surface area contributed by atoms with Crippen LogP contribution in [0.15, 0.2) is 67.0 Å². The van der Waals surface area contributed by atoms with Crippen molar-refractivity contribution in [2.75, 3.05) is 25.5 Å². The third kappa shape index (κ3) is 7.98. The summed E-state index contributed by atoms with van der Waals surface area (Å²) < 4.78 is 55.0. The van der Waals surface area contributed by atoms with Gasteiger partial charge in [0, 0.05) is 42.7 Å². The van der Waals surface area contributed by atoms with Crippen molar-refractivity contribution in [3.63, 3.8) is 0 Å². The molecule has 44 heavy (non-hydrogen) atoms. The summed E-state index contributed by atoms with van der Waals surface area (Å²) in [5.41, 5.74) is 5.80. The van der Waals surface area contributed by atoms with Crippen LogP contribution < -0.4 is 24.3 Å². The molecule has 12 heteroatoms. The normalized spacial score (nSPS) is 12.4. The largest absolute Gasteiger partial charge is 0.488 e. The summed E-state index contributed by atoms with van der Waals surface area (Å²) in [6, 6.07) is 19.0. The smallest absolute Gasteiger partial charge is 0.266 e. The molecule has 0 radical (unpaired) electrons. The summed E-state index contributed by atoms with van der Waals surface area (Å²) in [5.74, 6) is 1.87. The van der Waals surface area contributed by atoms with Gasteiger partial charge in [-0.2, -0.15) is 13.7 Å². The number of pyridine rings is 1. The molecule has 1 aliphatic rings. The van der Waals surface area contributed by atoms with Crippen LogP contribution in [0.5, 0.6) is 23.0 Å². The Morgan fingerprint density at radius 3 is 2.59 bits per heavy atom. The van der Waals surface area contributed by atoms with E-state index in [0.717, 1.165) is 33.8 Å². The second kappa shape index (κ2) is 14.0. The second-order valence-corrected chi connectivity index (χ2v) is 12.1. The molecule has 3 aromatic carbocycles. The molecule has 0 fully saturated rings. The molecule has 0 aliphatic carbocycles. The molecule has 0 atom stereocenters. The van der Waals surface area contributed by atoms with Gasteiger partial charge >= 0.3 is 0 Å². The number of rotatable bonds is 12. The van der Waals surface area contributed by atoms with E-state index in [4.69, 9.17) is 35.1 Å². The quantitative estimate of drug-likeness (QED) is 0.152. The number of benzene rings is 3. The molecule has 10 nitrogen and oxygen atoms in total. The third-order valence-electron chi connectivity index (χ3n) is 6.97. The molecule has 0 amide bonds. The Bertz CT molecular complexity index is 1810. The van der Waals surface area contributed by atoms with Crippen molar-refractivity contribution in [1.29, 1.82) is 5.26 Å². The Morgan fingerprint density at radius 1 is 1.00 bits per heavy atom. The van der Waals surface area contributed by atoms with Gasteiger partial charge in [-0.1, -0.05) is 35.9 Å². The van der Waals surface area contributed by atoms with E-state index in [-0.39, 0.29) is 26.3 Å². The summed E-state index contributed by atoms with van der Waals surface area (Å²) >= 11 is 6.63. The zero-order chi connectivity index (χ0) is 31.1. The van der Waals surface area contributed by atoms with Crippen LogP contribution in [0, 0.1) is 18.3 Å². The molecule has 1 aliphatic heterocycles. The first kappa shape index (κ1) is 31.1. The summed E-state index contributed by atoms with van der Waals surface area (Å²) in [5, 5.41) is 12.5. The predicted octanol–water partition coefficient (Wildman–Crippen LogP) is 5.49. The van der Waals surface area contributed by atoms with Crippen LogP contribution in [-0.4, -0.2) is 43.5 Å². The van der Waals surface area contributed by atoms with E-state index >= 15 is 0 Å². The number of halogens is 1. The highest BCUT2D eigenvalue weighted by Gasteiger charge is 2.16. The van der Waals surface area contributed by atoms with Crippen LogP contribution in [0.4, 0.5) is 0 Å². The predicted molar refractivity (Wildman–Crippen MR) is 165 cm³/mol. The molecule has 5 rings (SSSR count). The van der Waals surface area contributed by atoms with Crippen molar-refractivity contribution in [3.05, 3.63) is 99.8 Å². The van der Waals surface area contributed by atoms with Gasteiger partial charge in [-0.3, -0.25) is 9.54 Å². The third-order valence-corrected chi connectivity index (χ3v) is 7.98. The van der Waals surface area contributed by atoms with Crippen molar-refractivity contribution in [2.45, 2.75) is 26.7 Å². The first-order chi connectivity index (χ1) is 21.2. The Kier molecular flexibility index (Phi) is 9.87. The van der Waals surface area contributed by atoms with Crippen molar-refractivity contribution in [2.24, 2.45) is 0 Å². The average Bonchev–Trinajstić information content (AvgIpc) is 3.02. The summed E-state index contributed by atoms with van der Waals surface area (Å²) in [6.07, 6.45) is 3.07. The summed E-state index contributed by atoms with van der Waals surface area (Å²) in [4.78, 5) is 4.07. The summed E-state index contributed by atoms with van der Waals surface area (Å²) in [7, 11) is -4.10. The van der Waals surface area contributed by atoms with Crippen molar-refractivity contribution in [3.8, 4) is 40.2 Å². The number of fused-ring (bicyclic) bond motifs is 1. The highest BCUT2D eigenvalue weighted by Crippen LogP contribution is 2.37. The van der Waals surface area contributed by atoms with Gasteiger partial charge in [-0.25, -0.2) is 0 Å². The molecule has 2 N–H and O–H groups in total. The van der Waals surface area contributed by atoms with Crippen LogP contribution in [0.25, 0.3) is 11.1 Å². The van der Waals surface area contributed by atoms with E-state index in [1.54, 1.807) is 24.4 Å². The van der Waals surface area contributed by atoms with Gasteiger partial charge in [0.2, 0.25) is 0 Å². The summed E-state index contributed by atoms with van der Waals surface area (Å²) in [6.45, 7) is 3.69. The van der Waals surface area contributed by atoms with Gasteiger partial charge < -0.3 is 24.3 Å². The number of hydrogen-bond acceptors (Lipinski definition) is 9. The Balaban J connectivity index is 1.35. The molecule has 4 aromatic rings. The highest BCUT2D eigenvalue weighted by molar-refractivity contribution is 7.85. The van der Waals surface area contributed by atoms with Crippen molar-refractivity contribution < 1.29 is 31.9 Å². The zero-order valence-corrected chi connectivity index (χ0v) is 25.5. The molecule has 0 saturated heterocycles. The lowest BCUT2D eigenvalue weighted by Gasteiger charge is -2.20. The van der Waals surface area contributed by atoms with E-state index in [0.29, 0.717) is 46.4 Å². The Hall–Kier alpha value is -4.34. The first-order valence-corrected chi connectivity index (χ1v) is 15.8.